The zero-order valence-corrected chi connectivity index (χ0v) is 15.9. The van der Waals surface area contributed by atoms with Crippen molar-refractivity contribution in [2.24, 2.45) is 0 Å². The molecule has 118 valence electrons. The van der Waals surface area contributed by atoms with Crippen LogP contribution in [0.5, 0.6) is 0 Å². The third kappa shape index (κ3) is 10.1. The van der Waals surface area contributed by atoms with Gasteiger partial charge < -0.3 is 9.80 Å². The number of hydrogen-bond acceptors (Lipinski definition) is 6. The molecular weight excluding hydrogens is 332 g/mol. The van der Waals surface area contributed by atoms with E-state index in [1.807, 2.05) is 14.1 Å². The number of carbonyl (C=O) groups excluding carboxylic acids is 2. The molecule has 8 heteroatoms. The van der Waals surface area contributed by atoms with E-state index in [2.05, 4.69) is 13.8 Å². The standard InChI is InChI=1S/C12H24N2O2S4/c1-5-7-9-13(3)11(15)17-19-20-18-12(16)14(4)10-8-6-2/h5-10H2,1-4H3. The molecule has 0 fully saturated rings. The molecule has 0 saturated heterocycles. The van der Waals surface area contributed by atoms with E-state index < -0.39 is 0 Å². The van der Waals surface area contributed by atoms with Crippen LogP contribution >= 0.6 is 41.2 Å². The van der Waals surface area contributed by atoms with Crippen molar-refractivity contribution in [3.05, 3.63) is 0 Å². The normalized spacial score (nSPS) is 10.4. The summed E-state index contributed by atoms with van der Waals surface area (Å²) in [6, 6.07) is 0. The first kappa shape index (κ1) is 20.3. The smallest absolute Gasteiger partial charge is 0.292 e. The summed E-state index contributed by atoms with van der Waals surface area (Å²) in [5.41, 5.74) is 0. The highest BCUT2D eigenvalue weighted by Crippen LogP contribution is 2.44. The van der Waals surface area contributed by atoms with Crippen molar-refractivity contribution in [2.75, 3.05) is 27.2 Å². The number of nitrogens with zero attached hydrogens (tertiary/aromatic N) is 2. The Morgan fingerprint density at radius 2 is 1.15 bits per heavy atom. The maximum atomic E-state index is 11.7. The number of rotatable bonds is 9. The fraction of sp³-hybridized carbons (Fsp3) is 0.833. The average molecular weight is 357 g/mol. The second-order valence-corrected chi connectivity index (χ2v) is 9.95. The second kappa shape index (κ2) is 13.0. The van der Waals surface area contributed by atoms with E-state index in [1.165, 1.54) is 41.2 Å². The minimum atomic E-state index is 0.0448. The largest absolute Gasteiger partial charge is 0.336 e. The van der Waals surface area contributed by atoms with Gasteiger partial charge in [-0.3, -0.25) is 9.59 Å². The lowest BCUT2D eigenvalue weighted by Crippen LogP contribution is -2.23. The topological polar surface area (TPSA) is 40.6 Å². The zero-order chi connectivity index (χ0) is 15.4. The highest BCUT2D eigenvalue weighted by molar-refractivity contribution is 9.28. The van der Waals surface area contributed by atoms with Crippen LogP contribution < -0.4 is 0 Å². The Kier molecular flexibility index (Phi) is 13.3. The molecule has 0 spiro atoms. The lowest BCUT2D eigenvalue weighted by Gasteiger charge is -2.16. The number of amides is 2. The molecule has 0 aliphatic carbocycles. The molecule has 0 bridgehead atoms. The molecule has 20 heavy (non-hydrogen) atoms. The summed E-state index contributed by atoms with van der Waals surface area (Å²) in [6.07, 6.45) is 4.21. The highest BCUT2D eigenvalue weighted by Gasteiger charge is 2.13. The summed E-state index contributed by atoms with van der Waals surface area (Å²) >= 11 is 0. The van der Waals surface area contributed by atoms with Crippen LogP contribution in [0.4, 0.5) is 9.59 Å². The Morgan fingerprint density at radius 3 is 1.45 bits per heavy atom. The predicted molar refractivity (Wildman–Crippen MR) is 96.2 cm³/mol. The van der Waals surface area contributed by atoms with Gasteiger partial charge in [-0.15, -0.1) is 0 Å². The summed E-state index contributed by atoms with van der Waals surface area (Å²) in [5.74, 6) is 0. The molecule has 0 aromatic rings. The first-order valence-electron chi connectivity index (χ1n) is 6.70. The molecule has 0 aromatic heterocycles. The van der Waals surface area contributed by atoms with Gasteiger partial charge in [0.2, 0.25) is 0 Å². The molecular formula is C12H24N2O2S4. The second-order valence-electron chi connectivity index (χ2n) is 4.38. The number of hydrogen-bond donors (Lipinski definition) is 0. The van der Waals surface area contributed by atoms with Crippen molar-refractivity contribution < 1.29 is 9.59 Å². The van der Waals surface area contributed by atoms with Crippen LogP contribution in [0.3, 0.4) is 0 Å². The molecule has 0 atom stereocenters. The third-order valence-electron chi connectivity index (χ3n) is 2.56. The van der Waals surface area contributed by atoms with Crippen LogP contribution in [0.1, 0.15) is 39.5 Å². The maximum Gasteiger partial charge on any atom is 0.292 e. The van der Waals surface area contributed by atoms with Gasteiger partial charge in [0.05, 0.1) is 0 Å². The van der Waals surface area contributed by atoms with Gasteiger partial charge in [-0.05, 0) is 32.5 Å². The molecule has 0 aromatic carbocycles. The average Bonchev–Trinajstić information content (AvgIpc) is 2.45. The van der Waals surface area contributed by atoms with Gasteiger partial charge in [0.1, 0.15) is 0 Å². The van der Waals surface area contributed by atoms with E-state index in [0.717, 1.165) is 38.8 Å². The molecule has 2 amide bonds. The van der Waals surface area contributed by atoms with Crippen LogP contribution in [0.25, 0.3) is 0 Å². The van der Waals surface area contributed by atoms with Crippen molar-refractivity contribution in [3.63, 3.8) is 0 Å². The molecule has 0 unspecified atom stereocenters. The fourth-order valence-corrected chi connectivity index (χ4v) is 6.12. The maximum absolute atomic E-state index is 11.7. The summed E-state index contributed by atoms with van der Waals surface area (Å²) in [6.45, 7) is 5.79. The molecule has 0 heterocycles. The molecule has 0 rings (SSSR count). The summed E-state index contributed by atoms with van der Waals surface area (Å²) < 4.78 is 0. The third-order valence-corrected chi connectivity index (χ3v) is 8.31. The fourth-order valence-electron chi connectivity index (χ4n) is 1.19. The van der Waals surface area contributed by atoms with Crippen molar-refractivity contribution in [2.45, 2.75) is 39.5 Å². The van der Waals surface area contributed by atoms with Crippen LogP contribution in [-0.4, -0.2) is 47.5 Å². The molecule has 0 aliphatic heterocycles. The Hall–Kier alpha value is 0.340. The summed E-state index contributed by atoms with van der Waals surface area (Å²) in [7, 11) is 8.69. The minimum absolute atomic E-state index is 0.0448. The minimum Gasteiger partial charge on any atom is -0.336 e. The van der Waals surface area contributed by atoms with Crippen LogP contribution in [0.2, 0.25) is 0 Å². The van der Waals surface area contributed by atoms with Gasteiger partial charge in [-0.25, -0.2) is 0 Å². The van der Waals surface area contributed by atoms with E-state index in [1.54, 1.807) is 9.80 Å². The Balaban J connectivity index is 3.69. The number of carbonyl (C=O) groups is 2. The van der Waals surface area contributed by atoms with Crippen molar-refractivity contribution >= 4 is 51.7 Å². The molecule has 0 saturated carbocycles. The van der Waals surface area contributed by atoms with Gasteiger partial charge in [0.15, 0.2) is 0 Å². The lowest BCUT2D eigenvalue weighted by molar-refractivity contribution is 0.232. The number of unbranched alkanes of at least 4 members (excludes halogenated alkanes) is 2. The van der Waals surface area contributed by atoms with Crippen molar-refractivity contribution in [1.82, 2.24) is 9.80 Å². The van der Waals surface area contributed by atoms with Gasteiger partial charge >= 0.3 is 0 Å². The van der Waals surface area contributed by atoms with E-state index >= 15 is 0 Å². The Bertz CT molecular complexity index is 265. The first-order valence-corrected chi connectivity index (χ1v) is 11.5. The van der Waals surface area contributed by atoms with Crippen molar-refractivity contribution in [1.29, 1.82) is 0 Å². The SMILES string of the molecule is CCCCN(C)C(=O)SSSSC(=O)N(C)CCCC. The molecule has 4 nitrogen and oxygen atoms in total. The van der Waals surface area contributed by atoms with Crippen LogP contribution in [0, 0.1) is 0 Å². The summed E-state index contributed by atoms with van der Waals surface area (Å²) in [4.78, 5) is 26.9. The molecule has 0 N–H and O–H groups in total. The lowest BCUT2D eigenvalue weighted by atomic mass is 10.3. The van der Waals surface area contributed by atoms with Crippen molar-refractivity contribution in [3.8, 4) is 0 Å². The van der Waals surface area contributed by atoms with Gasteiger partial charge in [-0.1, -0.05) is 26.7 Å². The Labute approximate surface area is 137 Å². The van der Waals surface area contributed by atoms with E-state index in [-0.39, 0.29) is 10.5 Å². The first-order chi connectivity index (χ1) is 9.52. The molecule has 0 radical (unpaired) electrons. The molecule has 0 aliphatic rings. The predicted octanol–water partition coefficient (Wildman–Crippen LogP) is 5.37. The van der Waals surface area contributed by atoms with Gasteiger partial charge in [0.25, 0.3) is 10.5 Å². The van der Waals surface area contributed by atoms with Crippen LogP contribution in [0.15, 0.2) is 0 Å². The van der Waals surface area contributed by atoms with Crippen LogP contribution in [-0.2, 0) is 0 Å². The monoisotopic (exact) mass is 356 g/mol. The van der Waals surface area contributed by atoms with Gasteiger partial charge in [0, 0.05) is 48.8 Å². The van der Waals surface area contributed by atoms with E-state index in [9.17, 15) is 9.59 Å². The highest BCUT2D eigenvalue weighted by atomic mass is 33.7. The van der Waals surface area contributed by atoms with E-state index in [4.69, 9.17) is 0 Å². The Morgan fingerprint density at radius 1 is 0.800 bits per heavy atom. The van der Waals surface area contributed by atoms with Gasteiger partial charge in [-0.2, -0.15) is 0 Å². The quantitative estimate of drug-likeness (QED) is 0.409. The van der Waals surface area contributed by atoms with E-state index in [0.29, 0.717) is 0 Å². The zero-order valence-electron chi connectivity index (χ0n) is 12.6. The summed E-state index contributed by atoms with van der Waals surface area (Å²) in [5, 5.41) is 0.0895.